The molecule has 0 radical (unpaired) electrons. The van der Waals surface area contributed by atoms with Crippen molar-refractivity contribution in [3.05, 3.63) is 36.2 Å². The summed E-state index contributed by atoms with van der Waals surface area (Å²) in [6.45, 7) is 9.20. The zero-order valence-electron chi connectivity index (χ0n) is 7.39. The summed E-state index contributed by atoms with van der Waals surface area (Å²) >= 11 is 0. The average molecular weight is 154 g/mol. The molecule has 0 aromatic carbocycles. The van der Waals surface area contributed by atoms with Crippen LogP contribution < -0.4 is 0 Å². The topological polar surface area (TPSA) is 0 Å². The first-order chi connectivity index (χ1) is 5.09. The van der Waals surface area contributed by atoms with Crippen LogP contribution in [0.1, 0.15) is 20.8 Å². The van der Waals surface area contributed by atoms with E-state index < -0.39 is 0 Å². The highest BCUT2D eigenvalue weighted by molar-refractivity contribution is 5.21. The number of rotatable bonds is 3. The molecule has 11 heavy (non-hydrogen) atoms. The van der Waals surface area contributed by atoms with Crippen LogP contribution in [0.15, 0.2) is 36.2 Å². The highest BCUT2D eigenvalue weighted by Gasteiger charge is 2.01. The van der Waals surface area contributed by atoms with Crippen molar-refractivity contribution in [1.82, 2.24) is 0 Å². The fourth-order valence-electron chi connectivity index (χ4n) is 0.560. The van der Waals surface area contributed by atoms with Crippen LogP contribution >= 0.6 is 0 Å². The predicted octanol–water partition coefficient (Wildman–Crippen LogP) is 3.63. The van der Waals surface area contributed by atoms with Gasteiger partial charge in [0.25, 0.3) is 0 Å². The van der Waals surface area contributed by atoms with Crippen LogP contribution in [0.4, 0.5) is 4.39 Å². The van der Waals surface area contributed by atoms with Crippen LogP contribution in [0.3, 0.4) is 0 Å². The molecule has 0 fully saturated rings. The Morgan fingerprint density at radius 2 is 2.00 bits per heavy atom. The van der Waals surface area contributed by atoms with E-state index in [-0.39, 0.29) is 11.7 Å². The predicted molar refractivity (Wildman–Crippen MR) is 48.0 cm³/mol. The maximum Gasteiger partial charge on any atom is 0.122 e. The molecule has 0 saturated carbocycles. The van der Waals surface area contributed by atoms with Gasteiger partial charge in [0.05, 0.1) is 0 Å². The Labute approximate surface area is 68.1 Å². The number of allylic oxidation sites excluding steroid dienone is 5. The first-order valence-electron chi connectivity index (χ1n) is 3.75. The van der Waals surface area contributed by atoms with E-state index in [0.29, 0.717) is 0 Å². The summed E-state index contributed by atoms with van der Waals surface area (Å²) in [4.78, 5) is 0. The minimum Gasteiger partial charge on any atom is -0.207 e. The number of hydrogen-bond donors (Lipinski definition) is 0. The van der Waals surface area contributed by atoms with Crippen molar-refractivity contribution in [1.29, 1.82) is 0 Å². The molecular formula is C10H15F. The molecule has 0 nitrogen and oxygen atoms in total. The third kappa shape index (κ3) is 3.76. The molecule has 0 amide bonds. The van der Waals surface area contributed by atoms with Gasteiger partial charge in [-0.1, -0.05) is 32.6 Å². The molecule has 0 aliphatic rings. The van der Waals surface area contributed by atoms with Crippen molar-refractivity contribution < 1.29 is 4.39 Å². The molecule has 0 N–H and O–H groups in total. The third-order valence-corrected chi connectivity index (χ3v) is 1.62. The van der Waals surface area contributed by atoms with E-state index in [4.69, 9.17) is 0 Å². The van der Waals surface area contributed by atoms with Crippen LogP contribution in [-0.4, -0.2) is 0 Å². The monoisotopic (exact) mass is 154 g/mol. The van der Waals surface area contributed by atoms with E-state index in [1.54, 1.807) is 19.1 Å². The molecule has 0 aromatic heterocycles. The lowest BCUT2D eigenvalue weighted by atomic mass is 10.0. The van der Waals surface area contributed by atoms with E-state index in [2.05, 4.69) is 6.58 Å². The molecule has 0 spiro atoms. The van der Waals surface area contributed by atoms with Crippen LogP contribution in [0.5, 0.6) is 0 Å². The van der Waals surface area contributed by atoms with E-state index in [1.807, 2.05) is 13.8 Å². The molecule has 0 saturated heterocycles. The molecule has 0 atom stereocenters. The largest absolute Gasteiger partial charge is 0.207 e. The zero-order valence-corrected chi connectivity index (χ0v) is 7.39. The minimum absolute atomic E-state index is 0.153. The molecule has 0 unspecified atom stereocenters. The van der Waals surface area contributed by atoms with Crippen molar-refractivity contribution in [2.24, 2.45) is 5.92 Å². The van der Waals surface area contributed by atoms with Crippen molar-refractivity contribution >= 4 is 0 Å². The minimum atomic E-state index is -0.153. The van der Waals surface area contributed by atoms with Gasteiger partial charge in [-0.2, -0.15) is 0 Å². The first kappa shape index (κ1) is 10.2. The molecule has 1 heteroatoms. The molecule has 62 valence electrons. The van der Waals surface area contributed by atoms with E-state index in [0.717, 1.165) is 5.57 Å². The summed E-state index contributed by atoms with van der Waals surface area (Å²) in [5, 5.41) is 0. The zero-order chi connectivity index (χ0) is 8.85. The van der Waals surface area contributed by atoms with Gasteiger partial charge >= 0.3 is 0 Å². The molecule has 0 heterocycles. The summed E-state index contributed by atoms with van der Waals surface area (Å²) in [6, 6.07) is 0. The standard InChI is InChI=1S/C10H15F/c1-5-6-7-10(11)9(4)8(2)3/h5-8H,1H2,2-4H3/b7-6-,10-9-. The molecule has 0 rings (SSSR count). The van der Waals surface area contributed by atoms with Crippen LogP contribution in [0.25, 0.3) is 0 Å². The fraction of sp³-hybridized carbons (Fsp3) is 0.400. The van der Waals surface area contributed by atoms with Gasteiger partial charge in [0.1, 0.15) is 5.83 Å². The van der Waals surface area contributed by atoms with E-state index in [9.17, 15) is 4.39 Å². The smallest absolute Gasteiger partial charge is 0.122 e. The van der Waals surface area contributed by atoms with Crippen LogP contribution in [0.2, 0.25) is 0 Å². The van der Waals surface area contributed by atoms with Gasteiger partial charge < -0.3 is 0 Å². The molecule has 0 bridgehead atoms. The first-order valence-corrected chi connectivity index (χ1v) is 3.75. The molecule has 0 aromatic rings. The summed E-state index contributed by atoms with van der Waals surface area (Å²) < 4.78 is 13.0. The Hall–Kier alpha value is -0.850. The summed E-state index contributed by atoms with van der Waals surface area (Å²) in [7, 11) is 0. The van der Waals surface area contributed by atoms with Crippen LogP contribution in [-0.2, 0) is 0 Å². The van der Waals surface area contributed by atoms with Crippen molar-refractivity contribution in [3.63, 3.8) is 0 Å². The average Bonchev–Trinajstić information content (AvgIpc) is 1.98. The lowest BCUT2D eigenvalue weighted by Gasteiger charge is -2.03. The van der Waals surface area contributed by atoms with Gasteiger partial charge in [0.2, 0.25) is 0 Å². The Kier molecular flexibility index (Phi) is 4.51. The van der Waals surface area contributed by atoms with Crippen molar-refractivity contribution in [2.45, 2.75) is 20.8 Å². The Morgan fingerprint density at radius 1 is 1.45 bits per heavy atom. The van der Waals surface area contributed by atoms with E-state index >= 15 is 0 Å². The second-order valence-electron chi connectivity index (χ2n) is 2.78. The quantitative estimate of drug-likeness (QED) is 0.544. The summed E-state index contributed by atoms with van der Waals surface area (Å²) in [5.74, 6) is 0.115. The second-order valence-corrected chi connectivity index (χ2v) is 2.78. The number of hydrogen-bond acceptors (Lipinski definition) is 0. The lowest BCUT2D eigenvalue weighted by molar-refractivity contribution is 0.619. The van der Waals surface area contributed by atoms with Crippen LogP contribution in [0, 0.1) is 5.92 Å². The highest BCUT2D eigenvalue weighted by Crippen LogP contribution is 2.15. The summed E-state index contributed by atoms with van der Waals surface area (Å²) in [5.41, 5.74) is 0.781. The fourth-order valence-corrected chi connectivity index (χ4v) is 0.560. The highest BCUT2D eigenvalue weighted by atomic mass is 19.1. The van der Waals surface area contributed by atoms with Gasteiger partial charge in [-0.3, -0.25) is 0 Å². The van der Waals surface area contributed by atoms with Gasteiger partial charge in [0, 0.05) is 0 Å². The lowest BCUT2D eigenvalue weighted by Crippen LogP contribution is -1.90. The SMILES string of the molecule is C=C/C=C\C(F)=C(/C)C(C)C. The second kappa shape index (κ2) is 4.89. The Balaban J connectivity index is 4.39. The Morgan fingerprint density at radius 3 is 2.36 bits per heavy atom. The normalized spacial score (nSPS) is 13.9. The van der Waals surface area contributed by atoms with E-state index in [1.165, 1.54) is 6.08 Å². The van der Waals surface area contributed by atoms with Crippen molar-refractivity contribution in [2.75, 3.05) is 0 Å². The molecule has 0 aliphatic carbocycles. The van der Waals surface area contributed by atoms with Gasteiger partial charge in [-0.15, -0.1) is 0 Å². The summed E-state index contributed by atoms with van der Waals surface area (Å²) in [6.07, 6.45) is 4.59. The maximum absolute atomic E-state index is 13.0. The van der Waals surface area contributed by atoms with Crippen molar-refractivity contribution in [3.8, 4) is 0 Å². The molecular weight excluding hydrogens is 139 g/mol. The Bertz CT molecular complexity index is 185. The van der Waals surface area contributed by atoms with Gasteiger partial charge in [-0.05, 0) is 24.5 Å². The maximum atomic E-state index is 13.0. The third-order valence-electron chi connectivity index (χ3n) is 1.62. The van der Waals surface area contributed by atoms with Gasteiger partial charge in [0.15, 0.2) is 0 Å². The van der Waals surface area contributed by atoms with Gasteiger partial charge in [-0.25, -0.2) is 4.39 Å². The molecule has 0 aliphatic heterocycles. The number of halogens is 1.